The number of para-hydroxylation sites is 1. The van der Waals surface area contributed by atoms with Gasteiger partial charge in [0.1, 0.15) is 5.82 Å². The summed E-state index contributed by atoms with van der Waals surface area (Å²) in [4.78, 5) is 15.1. The molecular formula is C17H14FN3O. The molecule has 0 unspecified atom stereocenters. The Hall–Kier alpha value is -2.95. The molecule has 0 atom stereocenters. The number of carbonyl (C=O) groups is 1. The van der Waals surface area contributed by atoms with Crippen LogP contribution in [0.4, 0.5) is 4.39 Å². The molecule has 1 amide bonds. The van der Waals surface area contributed by atoms with Gasteiger partial charge in [0.05, 0.1) is 6.21 Å². The van der Waals surface area contributed by atoms with Gasteiger partial charge in [-0.15, -0.1) is 0 Å². The van der Waals surface area contributed by atoms with Crippen molar-refractivity contribution in [2.75, 3.05) is 0 Å². The van der Waals surface area contributed by atoms with Crippen molar-refractivity contribution in [1.82, 2.24) is 10.4 Å². The highest BCUT2D eigenvalue weighted by Crippen LogP contribution is 2.19. The lowest BCUT2D eigenvalue weighted by molar-refractivity contribution is 0.0955. The van der Waals surface area contributed by atoms with Crippen LogP contribution in [0, 0.1) is 12.7 Å². The average molecular weight is 295 g/mol. The molecule has 2 aromatic carbocycles. The molecule has 0 saturated heterocycles. The highest BCUT2D eigenvalue weighted by molar-refractivity contribution is 6.01. The molecule has 1 heterocycles. The summed E-state index contributed by atoms with van der Waals surface area (Å²) < 4.78 is 12.8. The lowest BCUT2D eigenvalue weighted by Crippen LogP contribution is -2.17. The van der Waals surface area contributed by atoms with E-state index in [4.69, 9.17) is 0 Å². The SMILES string of the molecule is Cc1[nH]c2ccccc2c1C=NNC(=O)c1ccc(F)cc1. The van der Waals surface area contributed by atoms with Gasteiger partial charge in [0.15, 0.2) is 0 Å². The van der Waals surface area contributed by atoms with Gasteiger partial charge in [0.25, 0.3) is 5.91 Å². The third kappa shape index (κ3) is 2.74. The minimum atomic E-state index is -0.381. The first-order valence-electron chi connectivity index (χ1n) is 6.81. The van der Waals surface area contributed by atoms with Crippen LogP contribution in [-0.2, 0) is 0 Å². The standard InChI is InChI=1S/C17H14FN3O/c1-11-15(14-4-2-3-5-16(14)20-11)10-19-21-17(22)12-6-8-13(18)9-7-12/h2-10,20H,1H3,(H,21,22). The van der Waals surface area contributed by atoms with Crippen LogP contribution >= 0.6 is 0 Å². The van der Waals surface area contributed by atoms with Crippen molar-refractivity contribution in [3.63, 3.8) is 0 Å². The molecule has 5 heteroatoms. The number of benzene rings is 2. The number of hydrogen-bond donors (Lipinski definition) is 2. The minimum Gasteiger partial charge on any atom is -0.358 e. The Labute approximate surface area is 126 Å². The third-order valence-corrected chi connectivity index (χ3v) is 3.41. The number of halogens is 1. The number of H-pyrrole nitrogens is 1. The summed E-state index contributed by atoms with van der Waals surface area (Å²) >= 11 is 0. The Kier molecular flexibility index (Phi) is 3.70. The molecular weight excluding hydrogens is 281 g/mol. The first-order valence-corrected chi connectivity index (χ1v) is 6.81. The largest absolute Gasteiger partial charge is 0.358 e. The lowest BCUT2D eigenvalue weighted by atomic mass is 10.1. The number of hydrazone groups is 1. The zero-order chi connectivity index (χ0) is 15.5. The zero-order valence-corrected chi connectivity index (χ0v) is 11.9. The molecule has 0 aliphatic heterocycles. The van der Waals surface area contributed by atoms with Gasteiger partial charge in [-0.05, 0) is 37.3 Å². The van der Waals surface area contributed by atoms with Gasteiger partial charge in [0, 0.05) is 27.7 Å². The summed E-state index contributed by atoms with van der Waals surface area (Å²) in [5.41, 5.74) is 5.72. The number of aromatic amines is 1. The number of rotatable bonds is 3. The summed E-state index contributed by atoms with van der Waals surface area (Å²) in [5.74, 6) is -0.761. The van der Waals surface area contributed by atoms with Crippen molar-refractivity contribution in [2.45, 2.75) is 6.92 Å². The van der Waals surface area contributed by atoms with Crippen molar-refractivity contribution in [1.29, 1.82) is 0 Å². The molecule has 0 fully saturated rings. The molecule has 4 nitrogen and oxygen atoms in total. The molecule has 3 aromatic rings. The number of carbonyl (C=O) groups excluding carboxylic acids is 1. The predicted octanol–water partition coefficient (Wildman–Crippen LogP) is 3.38. The molecule has 0 radical (unpaired) electrons. The first kappa shape index (κ1) is 14.0. The van der Waals surface area contributed by atoms with Crippen LogP contribution in [0.15, 0.2) is 53.6 Å². The fraction of sp³-hybridized carbons (Fsp3) is 0.0588. The summed E-state index contributed by atoms with van der Waals surface area (Å²) in [7, 11) is 0. The van der Waals surface area contributed by atoms with Gasteiger partial charge in [-0.3, -0.25) is 4.79 Å². The van der Waals surface area contributed by atoms with Crippen LogP contribution in [-0.4, -0.2) is 17.1 Å². The third-order valence-electron chi connectivity index (χ3n) is 3.41. The van der Waals surface area contributed by atoms with Crippen molar-refractivity contribution in [3.8, 4) is 0 Å². The van der Waals surface area contributed by atoms with Crippen molar-refractivity contribution >= 4 is 23.0 Å². The van der Waals surface area contributed by atoms with Gasteiger partial charge in [-0.2, -0.15) is 5.10 Å². The molecule has 0 bridgehead atoms. The highest BCUT2D eigenvalue weighted by atomic mass is 19.1. The van der Waals surface area contributed by atoms with E-state index in [1.807, 2.05) is 31.2 Å². The van der Waals surface area contributed by atoms with E-state index in [1.165, 1.54) is 24.3 Å². The Morgan fingerprint density at radius 2 is 1.91 bits per heavy atom. The molecule has 3 rings (SSSR count). The van der Waals surface area contributed by atoms with Gasteiger partial charge < -0.3 is 4.98 Å². The van der Waals surface area contributed by atoms with Crippen molar-refractivity contribution < 1.29 is 9.18 Å². The summed E-state index contributed by atoms with van der Waals surface area (Å²) in [6.45, 7) is 1.95. The molecule has 1 aromatic heterocycles. The maximum absolute atomic E-state index is 12.8. The molecule has 110 valence electrons. The minimum absolute atomic E-state index is 0.356. The molecule has 22 heavy (non-hydrogen) atoms. The van der Waals surface area contributed by atoms with Crippen molar-refractivity contribution in [3.05, 3.63) is 71.2 Å². The van der Waals surface area contributed by atoms with Crippen LogP contribution < -0.4 is 5.43 Å². The maximum atomic E-state index is 12.8. The molecule has 0 spiro atoms. The van der Waals surface area contributed by atoms with E-state index in [0.717, 1.165) is 22.2 Å². The number of amides is 1. The number of hydrogen-bond acceptors (Lipinski definition) is 2. The van der Waals surface area contributed by atoms with E-state index in [-0.39, 0.29) is 11.7 Å². The van der Waals surface area contributed by atoms with Gasteiger partial charge >= 0.3 is 0 Å². The summed E-state index contributed by atoms with van der Waals surface area (Å²) in [6.07, 6.45) is 1.61. The van der Waals surface area contributed by atoms with E-state index < -0.39 is 0 Å². The van der Waals surface area contributed by atoms with E-state index in [2.05, 4.69) is 15.5 Å². The Morgan fingerprint density at radius 1 is 1.18 bits per heavy atom. The van der Waals surface area contributed by atoms with Gasteiger partial charge in [0.2, 0.25) is 0 Å². The number of nitrogens with one attached hydrogen (secondary N) is 2. The molecule has 0 aliphatic carbocycles. The summed E-state index contributed by atoms with van der Waals surface area (Å²) in [6, 6.07) is 13.2. The molecule has 0 aliphatic rings. The molecule has 2 N–H and O–H groups in total. The lowest BCUT2D eigenvalue weighted by Gasteiger charge is -1.99. The predicted molar refractivity (Wildman–Crippen MR) is 84.5 cm³/mol. The summed E-state index contributed by atoms with van der Waals surface area (Å²) in [5, 5.41) is 5.03. The quantitative estimate of drug-likeness (QED) is 0.565. The topological polar surface area (TPSA) is 57.2 Å². The van der Waals surface area contributed by atoms with Crippen LogP contribution in [0.25, 0.3) is 10.9 Å². The number of aryl methyl sites for hydroxylation is 1. The Balaban J connectivity index is 1.77. The van der Waals surface area contributed by atoms with Crippen LogP contribution in [0.2, 0.25) is 0 Å². The Bertz CT molecular complexity index is 850. The second-order valence-corrected chi connectivity index (χ2v) is 4.92. The fourth-order valence-corrected chi connectivity index (χ4v) is 2.29. The van der Waals surface area contributed by atoms with E-state index in [1.54, 1.807) is 6.21 Å². The maximum Gasteiger partial charge on any atom is 0.271 e. The number of fused-ring (bicyclic) bond motifs is 1. The normalized spacial score (nSPS) is 11.2. The number of nitrogens with zero attached hydrogens (tertiary/aromatic N) is 1. The van der Waals surface area contributed by atoms with Crippen LogP contribution in [0.1, 0.15) is 21.6 Å². The van der Waals surface area contributed by atoms with E-state index >= 15 is 0 Å². The van der Waals surface area contributed by atoms with E-state index in [0.29, 0.717) is 5.56 Å². The second kappa shape index (κ2) is 5.81. The van der Waals surface area contributed by atoms with E-state index in [9.17, 15) is 9.18 Å². The monoisotopic (exact) mass is 295 g/mol. The average Bonchev–Trinajstić information content (AvgIpc) is 2.84. The Morgan fingerprint density at radius 3 is 2.68 bits per heavy atom. The molecule has 0 saturated carbocycles. The first-order chi connectivity index (χ1) is 10.6. The van der Waals surface area contributed by atoms with Crippen LogP contribution in [0.3, 0.4) is 0 Å². The smallest absolute Gasteiger partial charge is 0.271 e. The zero-order valence-electron chi connectivity index (χ0n) is 11.9. The van der Waals surface area contributed by atoms with Crippen molar-refractivity contribution in [2.24, 2.45) is 5.10 Å². The second-order valence-electron chi connectivity index (χ2n) is 4.92. The number of aromatic nitrogens is 1. The van der Waals surface area contributed by atoms with Gasteiger partial charge in [-0.1, -0.05) is 18.2 Å². The highest BCUT2D eigenvalue weighted by Gasteiger charge is 2.06. The van der Waals surface area contributed by atoms with Crippen LogP contribution in [0.5, 0.6) is 0 Å². The fourth-order valence-electron chi connectivity index (χ4n) is 2.29. The van der Waals surface area contributed by atoms with Gasteiger partial charge in [-0.25, -0.2) is 9.82 Å².